The Balaban J connectivity index is 2.35. The van der Waals surface area contributed by atoms with Crippen molar-refractivity contribution in [1.29, 1.82) is 0 Å². The zero-order chi connectivity index (χ0) is 12.2. The molecule has 2 unspecified atom stereocenters. The van der Waals surface area contributed by atoms with E-state index in [2.05, 4.69) is 17.6 Å². The maximum absolute atomic E-state index is 11.3. The van der Waals surface area contributed by atoms with E-state index in [0.717, 1.165) is 19.4 Å². The molecule has 1 aliphatic heterocycles. The molecule has 0 spiro atoms. The molecule has 16 heavy (non-hydrogen) atoms. The van der Waals surface area contributed by atoms with E-state index in [4.69, 9.17) is 23.8 Å². The summed E-state index contributed by atoms with van der Waals surface area (Å²) in [7, 11) is -3.00. The number of halogens is 1. The van der Waals surface area contributed by atoms with E-state index < -0.39 is 15.2 Å². The van der Waals surface area contributed by atoms with Crippen LogP contribution >= 0.6 is 23.8 Å². The van der Waals surface area contributed by atoms with Crippen LogP contribution in [-0.2, 0) is 9.84 Å². The normalized spacial score (nSPS) is 27.6. The van der Waals surface area contributed by atoms with Gasteiger partial charge in [-0.2, -0.15) is 0 Å². The summed E-state index contributed by atoms with van der Waals surface area (Å²) in [5.74, 6) is 0.0978. The summed E-state index contributed by atoms with van der Waals surface area (Å²) in [5, 5.41) is 6.07. The van der Waals surface area contributed by atoms with Crippen LogP contribution in [0.15, 0.2) is 0 Å². The number of alkyl halides is 1. The van der Waals surface area contributed by atoms with E-state index in [9.17, 15) is 8.42 Å². The van der Waals surface area contributed by atoms with Gasteiger partial charge in [-0.25, -0.2) is 8.42 Å². The summed E-state index contributed by atoms with van der Waals surface area (Å²) < 4.78 is 22.6. The molecule has 1 heterocycles. The molecule has 2 atom stereocenters. The molecule has 0 saturated carbocycles. The number of nitrogens with one attached hydrogen (secondary N) is 2. The van der Waals surface area contributed by atoms with Crippen LogP contribution in [0.4, 0.5) is 0 Å². The molecule has 0 bridgehead atoms. The Morgan fingerprint density at radius 1 is 1.50 bits per heavy atom. The quantitative estimate of drug-likeness (QED) is 0.451. The van der Waals surface area contributed by atoms with E-state index in [-0.39, 0.29) is 17.5 Å². The van der Waals surface area contributed by atoms with Crippen molar-refractivity contribution in [1.82, 2.24) is 10.6 Å². The van der Waals surface area contributed by atoms with Gasteiger partial charge in [-0.05, 0) is 18.6 Å². The molecule has 0 aromatic rings. The summed E-state index contributed by atoms with van der Waals surface area (Å²) in [5.41, 5.74) is 0. The van der Waals surface area contributed by atoms with Gasteiger partial charge in [-0.15, -0.1) is 11.6 Å². The lowest BCUT2D eigenvalue weighted by Crippen LogP contribution is -2.46. The van der Waals surface area contributed by atoms with Gasteiger partial charge < -0.3 is 10.6 Å². The van der Waals surface area contributed by atoms with Gasteiger partial charge in [0.1, 0.15) is 0 Å². The average molecular weight is 285 g/mol. The third-order valence-corrected chi connectivity index (χ3v) is 5.05. The highest BCUT2D eigenvalue weighted by atomic mass is 35.5. The summed E-state index contributed by atoms with van der Waals surface area (Å²) in [6, 6.07) is -0.270. The monoisotopic (exact) mass is 284 g/mol. The second kappa shape index (κ2) is 6.02. The third kappa shape index (κ3) is 4.43. The van der Waals surface area contributed by atoms with E-state index in [1.807, 2.05) is 0 Å². The molecule has 7 heteroatoms. The first-order valence-corrected chi connectivity index (χ1v) is 8.00. The maximum atomic E-state index is 11.3. The molecule has 0 aromatic carbocycles. The van der Waals surface area contributed by atoms with E-state index in [1.165, 1.54) is 0 Å². The fourth-order valence-electron chi connectivity index (χ4n) is 1.53. The number of hydrogen-bond donors (Lipinski definition) is 2. The zero-order valence-electron chi connectivity index (χ0n) is 9.20. The molecule has 0 amide bonds. The van der Waals surface area contributed by atoms with E-state index in [1.54, 1.807) is 0 Å². The minimum absolute atomic E-state index is 0.0315. The Labute approximate surface area is 107 Å². The summed E-state index contributed by atoms with van der Waals surface area (Å²) >= 11 is 11.0. The van der Waals surface area contributed by atoms with Crippen molar-refractivity contribution in [3.8, 4) is 0 Å². The second-order valence-corrected chi connectivity index (χ2v) is 7.08. The van der Waals surface area contributed by atoms with Crippen LogP contribution in [0, 0.1) is 0 Å². The van der Waals surface area contributed by atoms with Crippen LogP contribution in [-0.4, -0.2) is 43.0 Å². The Kier molecular flexibility index (Phi) is 5.27. The van der Waals surface area contributed by atoms with E-state index >= 15 is 0 Å². The van der Waals surface area contributed by atoms with Gasteiger partial charge in [0.05, 0.1) is 22.9 Å². The van der Waals surface area contributed by atoms with E-state index in [0.29, 0.717) is 5.11 Å². The molecule has 1 aliphatic rings. The van der Waals surface area contributed by atoms with Crippen LogP contribution < -0.4 is 10.6 Å². The van der Waals surface area contributed by atoms with Gasteiger partial charge >= 0.3 is 0 Å². The molecule has 94 valence electrons. The minimum atomic E-state index is -3.00. The highest BCUT2D eigenvalue weighted by Gasteiger charge is 2.36. The summed E-state index contributed by atoms with van der Waals surface area (Å²) in [4.78, 5) is 0. The minimum Gasteiger partial charge on any atom is -0.363 e. The van der Waals surface area contributed by atoms with Crippen molar-refractivity contribution < 1.29 is 8.42 Å². The van der Waals surface area contributed by atoms with Gasteiger partial charge in [0.15, 0.2) is 14.9 Å². The maximum Gasteiger partial charge on any atom is 0.166 e. The first kappa shape index (κ1) is 14.0. The first-order chi connectivity index (χ1) is 7.44. The molecule has 0 aliphatic carbocycles. The predicted molar refractivity (Wildman–Crippen MR) is 70.7 cm³/mol. The van der Waals surface area contributed by atoms with Crippen LogP contribution in [0.25, 0.3) is 0 Å². The summed E-state index contributed by atoms with van der Waals surface area (Å²) in [6.07, 6.45) is 2.13. The summed E-state index contributed by atoms with van der Waals surface area (Å²) in [6.45, 7) is 2.89. The first-order valence-electron chi connectivity index (χ1n) is 5.33. The van der Waals surface area contributed by atoms with Crippen molar-refractivity contribution in [2.75, 3.05) is 18.1 Å². The molecule has 1 fully saturated rings. The highest BCUT2D eigenvalue weighted by molar-refractivity contribution is 7.91. The Morgan fingerprint density at radius 3 is 2.69 bits per heavy atom. The van der Waals surface area contributed by atoms with Crippen molar-refractivity contribution in [2.45, 2.75) is 31.2 Å². The van der Waals surface area contributed by atoms with Gasteiger partial charge in [-0.3, -0.25) is 0 Å². The number of rotatable bonds is 4. The van der Waals surface area contributed by atoms with Crippen molar-refractivity contribution >= 4 is 38.8 Å². The smallest absolute Gasteiger partial charge is 0.166 e. The van der Waals surface area contributed by atoms with Gasteiger partial charge in [0.25, 0.3) is 0 Å². The Bertz CT molecular complexity index is 345. The third-order valence-electron chi connectivity index (χ3n) is 2.42. The standard InChI is InChI=1S/C9H17ClN2O2S2/c1-2-3-4-11-9(15)12-8-6-16(13,14)5-7(8)10/h7-8H,2-6H2,1H3,(H2,11,12,15). The number of unbranched alkanes of at least 4 members (excludes halogenated alkanes) is 1. The van der Waals surface area contributed by atoms with Crippen molar-refractivity contribution in [3.05, 3.63) is 0 Å². The second-order valence-electron chi connectivity index (χ2n) is 3.95. The Hall–Kier alpha value is -0.0700. The average Bonchev–Trinajstić information content (AvgIpc) is 2.40. The van der Waals surface area contributed by atoms with Gasteiger partial charge in [0, 0.05) is 6.54 Å². The van der Waals surface area contributed by atoms with Crippen LogP contribution in [0.3, 0.4) is 0 Å². The molecule has 2 N–H and O–H groups in total. The molecule has 0 aromatic heterocycles. The van der Waals surface area contributed by atoms with Crippen LogP contribution in [0.2, 0.25) is 0 Å². The van der Waals surface area contributed by atoms with Crippen molar-refractivity contribution in [2.24, 2.45) is 0 Å². The zero-order valence-corrected chi connectivity index (χ0v) is 11.6. The molecule has 1 saturated heterocycles. The van der Waals surface area contributed by atoms with Gasteiger partial charge in [-0.1, -0.05) is 13.3 Å². The highest BCUT2D eigenvalue weighted by Crippen LogP contribution is 2.17. The number of sulfone groups is 1. The van der Waals surface area contributed by atoms with Crippen LogP contribution in [0.1, 0.15) is 19.8 Å². The largest absolute Gasteiger partial charge is 0.363 e. The number of hydrogen-bond acceptors (Lipinski definition) is 3. The van der Waals surface area contributed by atoms with Crippen LogP contribution in [0.5, 0.6) is 0 Å². The lowest BCUT2D eigenvalue weighted by molar-refractivity contribution is 0.600. The fraction of sp³-hybridized carbons (Fsp3) is 0.889. The SMILES string of the molecule is CCCCNC(=S)NC1CS(=O)(=O)CC1Cl. The molecular weight excluding hydrogens is 268 g/mol. The number of thiocarbonyl (C=S) groups is 1. The Morgan fingerprint density at radius 2 is 2.19 bits per heavy atom. The molecular formula is C9H17ClN2O2S2. The fourth-order valence-corrected chi connectivity index (χ4v) is 4.34. The predicted octanol–water partition coefficient (Wildman–Crippen LogP) is 0.655. The molecule has 4 nitrogen and oxygen atoms in total. The van der Waals surface area contributed by atoms with Crippen molar-refractivity contribution in [3.63, 3.8) is 0 Å². The van der Waals surface area contributed by atoms with Gasteiger partial charge in [0.2, 0.25) is 0 Å². The molecule has 1 rings (SSSR count). The lowest BCUT2D eigenvalue weighted by atomic mass is 10.2. The lowest BCUT2D eigenvalue weighted by Gasteiger charge is -2.17. The molecule has 0 radical (unpaired) electrons. The topological polar surface area (TPSA) is 58.2 Å².